The number of hydrogen-bond donors (Lipinski definition) is 1. The van der Waals surface area contributed by atoms with Gasteiger partial charge in [0.25, 0.3) is 0 Å². The molecule has 0 saturated carbocycles. The number of rotatable bonds is 4. The van der Waals surface area contributed by atoms with E-state index >= 15 is 0 Å². The Kier molecular flexibility index (Phi) is 3.56. The molecule has 0 radical (unpaired) electrons. The highest BCUT2D eigenvalue weighted by Crippen LogP contribution is 2.31. The lowest BCUT2D eigenvalue weighted by atomic mass is 10.2. The molecule has 1 aromatic heterocycles. The van der Waals surface area contributed by atoms with Crippen molar-refractivity contribution in [1.29, 1.82) is 0 Å². The van der Waals surface area contributed by atoms with Crippen molar-refractivity contribution >= 4 is 11.6 Å². The highest BCUT2D eigenvalue weighted by atomic mass is 16.6. The van der Waals surface area contributed by atoms with Gasteiger partial charge >= 0.3 is 5.69 Å². The lowest BCUT2D eigenvalue weighted by molar-refractivity contribution is -0.385. The molecule has 0 spiro atoms. The zero-order chi connectivity index (χ0) is 13.8. The first kappa shape index (κ1) is 12.7. The molecule has 0 bridgehead atoms. The van der Waals surface area contributed by atoms with Crippen LogP contribution in [-0.4, -0.2) is 21.9 Å². The Bertz CT molecular complexity index is 616. The molecule has 0 atom stereocenters. The van der Waals surface area contributed by atoms with E-state index in [1.165, 1.54) is 18.3 Å². The van der Waals surface area contributed by atoms with Crippen LogP contribution in [0.1, 0.15) is 5.56 Å². The smallest absolute Gasteiger partial charge is 0.311 e. The highest BCUT2D eigenvalue weighted by molar-refractivity contribution is 5.49. The molecule has 0 unspecified atom stereocenters. The summed E-state index contributed by atoms with van der Waals surface area (Å²) in [6.07, 6.45) is 1.51. The summed E-state index contributed by atoms with van der Waals surface area (Å²) in [5.74, 6) is 0.773. The van der Waals surface area contributed by atoms with Crippen molar-refractivity contribution in [2.24, 2.45) is 0 Å². The van der Waals surface area contributed by atoms with Gasteiger partial charge in [0.2, 0.25) is 17.6 Å². The third kappa shape index (κ3) is 2.95. The molecule has 0 amide bonds. The number of ether oxygens (including phenoxy) is 1. The van der Waals surface area contributed by atoms with Gasteiger partial charge in [0.15, 0.2) is 0 Å². The molecule has 0 saturated heterocycles. The summed E-state index contributed by atoms with van der Waals surface area (Å²) in [5, 5.41) is 13.7. The third-order valence-corrected chi connectivity index (χ3v) is 2.38. The van der Waals surface area contributed by atoms with Crippen molar-refractivity contribution in [2.45, 2.75) is 6.92 Å². The number of nitro benzene ring substituents is 1. The van der Waals surface area contributed by atoms with Crippen LogP contribution in [0.4, 0.5) is 11.6 Å². The summed E-state index contributed by atoms with van der Waals surface area (Å²) in [7, 11) is 1.67. The molecule has 1 aromatic carbocycles. The van der Waals surface area contributed by atoms with E-state index in [4.69, 9.17) is 4.74 Å². The molecule has 0 aliphatic rings. The third-order valence-electron chi connectivity index (χ3n) is 2.38. The van der Waals surface area contributed by atoms with Crippen molar-refractivity contribution in [3.05, 3.63) is 46.1 Å². The molecule has 0 aliphatic carbocycles. The van der Waals surface area contributed by atoms with Crippen LogP contribution in [0.25, 0.3) is 0 Å². The molecule has 0 aliphatic heterocycles. The summed E-state index contributed by atoms with van der Waals surface area (Å²) in [5.41, 5.74) is 0.697. The quantitative estimate of drug-likeness (QED) is 0.671. The lowest BCUT2D eigenvalue weighted by Crippen LogP contribution is -1.99. The molecular weight excluding hydrogens is 248 g/mol. The minimum atomic E-state index is -0.484. The SMILES string of the molecule is CNc1nccc(Oc2ccc(C)cc2[N+](=O)[O-])n1. The van der Waals surface area contributed by atoms with Crippen LogP contribution in [-0.2, 0) is 0 Å². The molecule has 1 N–H and O–H groups in total. The average Bonchev–Trinajstić information content (AvgIpc) is 2.41. The molecule has 0 fully saturated rings. The van der Waals surface area contributed by atoms with E-state index in [1.54, 1.807) is 26.1 Å². The van der Waals surface area contributed by atoms with E-state index in [9.17, 15) is 10.1 Å². The number of benzene rings is 1. The predicted molar refractivity (Wildman–Crippen MR) is 69.5 cm³/mol. The van der Waals surface area contributed by atoms with Crippen molar-refractivity contribution in [3.8, 4) is 11.6 Å². The summed E-state index contributed by atoms with van der Waals surface area (Å²) < 4.78 is 5.44. The van der Waals surface area contributed by atoms with Gasteiger partial charge in [-0.1, -0.05) is 6.07 Å². The van der Waals surface area contributed by atoms with Crippen LogP contribution in [0.2, 0.25) is 0 Å². The standard InChI is InChI=1S/C12H12N4O3/c1-8-3-4-10(9(7-8)16(17)18)19-11-5-6-14-12(13-2)15-11/h3-7H,1-2H3,(H,13,14,15). The van der Waals surface area contributed by atoms with Crippen LogP contribution in [0.5, 0.6) is 11.6 Å². The summed E-state index contributed by atoms with van der Waals surface area (Å²) in [6, 6.07) is 6.27. The maximum Gasteiger partial charge on any atom is 0.311 e. The average molecular weight is 260 g/mol. The fourth-order valence-electron chi connectivity index (χ4n) is 1.49. The van der Waals surface area contributed by atoms with Crippen molar-refractivity contribution in [2.75, 3.05) is 12.4 Å². The maximum absolute atomic E-state index is 11.0. The van der Waals surface area contributed by atoms with Crippen molar-refractivity contribution < 1.29 is 9.66 Å². The van der Waals surface area contributed by atoms with Crippen LogP contribution in [0, 0.1) is 17.0 Å². The Labute approximate surface area is 109 Å². The molecule has 1 heterocycles. The summed E-state index contributed by atoms with van der Waals surface area (Å²) in [6.45, 7) is 1.78. The molecular formula is C12H12N4O3. The fourth-order valence-corrected chi connectivity index (χ4v) is 1.49. The van der Waals surface area contributed by atoms with Gasteiger partial charge in [0.05, 0.1) is 4.92 Å². The minimum absolute atomic E-state index is 0.0929. The fraction of sp³-hybridized carbons (Fsp3) is 0.167. The lowest BCUT2D eigenvalue weighted by Gasteiger charge is -2.06. The Morgan fingerprint density at radius 3 is 2.84 bits per heavy atom. The van der Waals surface area contributed by atoms with Crippen molar-refractivity contribution in [3.63, 3.8) is 0 Å². The number of nitrogens with zero attached hydrogens (tertiary/aromatic N) is 3. The topological polar surface area (TPSA) is 90.2 Å². The molecule has 19 heavy (non-hydrogen) atoms. The second-order valence-electron chi connectivity index (χ2n) is 3.80. The molecule has 2 aromatic rings. The van der Waals surface area contributed by atoms with Gasteiger partial charge in [-0.3, -0.25) is 10.1 Å². The van der Waals surface area contributed by atoms with Gasteiger partial charge in [-0.05, 0) is 18.6 Å². The summed E-state index contributed by atoms with van der Waals surface area (Å²) >= 11 is 0. The normalized spacial score (nSPS) is 10.0. The minimum Gasteiger partial charge on any atom is -0.432 e. The van der Waals surface area contributed by atoms with Crippen LogP contribution < -0.4 is 10.1 Å². The maximum atomic E-state index is 11.0. The van der Waals surface area contributed by atoms with Crippen LogP contribution in [0.15, 0.2) is 30.5 Å². The second kappa shape index (κ2) is 5.30. The van der Waals surface area contributed by atoms with Gasteiger partial charge in [-0.25, -0.2) is 4.98 Å². The van der Waals surface area contributed by atoms with Gasteiger partial charge < -0.3 is 10.1 Å². The largest absolute Gasteiger partial charge is 0.432 e. The summed E-state index contributed by atoms with van der Waals surface area (Å²) in [4.78, 5) is 18.5. The van der Waals surface area contributed by atoms with E-state index < -0.39 is 4.92 Å². The monoisotopic (exact) mass is 260 g/mol. The van der Waals surface area contributed by atoms with Gasteiger partial charge in [0.1, 0.15) is 0 Å². The number of hydrogen-bond acceptors (Lipinski definition) is 6. The van der Waals surface area contributed by atoms with Crippen LogP contribution >= 0.6 is 0 Å². The Morgan fingerprint density at radius 1 is 1.37 bits per heavy atom. The molecule has 2 rings (SSSR count). The Morgan fingerprint density at radius 2 is 2.16 bits per heavy atom. The number of nitro groups is 1. The molecule has 98 valence electrons. The van der Waals surface area contributed by atoms with Gasteiger partial charge in [0, 0.05) is 25.4 Å². The van der Waals surface area contributed by atoms with Gasteiger partial charge in [-0.2, -0.15) is 4.98 Å². The predicted octanol–water partition coefficient (Wildman–Crippen LogP) is 2.53. The second-order valence-corrected chi connectivity index (χ2v) is 3.80. The number of aryl methyl sites for hydroxylation is 1. The van der Waals surface area contributed by atoms with Crippen molar-refractivity contribution in [1.82, 2.24) is 9.97 Å². The zero-order valence-electron chi connectivity index (χ0n) is 10.5. The Balaban J connectivity index is 2.34. The molecule has 7 nitrogen and oxygen atoms in total. The number of nitrogens with one attached hydrogen (secondary N) is 1. The molecule has 7 heteroatoms. The van der Waals surface area contributed by atoms with E-state index in [2.05, 4.69) is 15.3 Å². The Hall–Kier alpha value is -2.70. The van der Waals surface area contributed by atoms with E-state index in [1.807, 2.05) is 0 Å². The first-order valence-electron chi connectivity index (χ1n) is 5.54. The number of aromatic nitrogens is 2. The van der Waals surface area contributed by atoms with Gasteiger partial charge in [-0.15, -0.1) is 0 Å². The van der Waals surface area contributed by atoms with E-state index in [-0.39, 0.29) is 17.3 Å². The highest BCUT2D eigenvalue weighted by Gasteiger charge is 2.16. The number of anilines is 1. The van der Waals surface area contributed by atoms with E-state index in [0.717, 1.165) is 5.56 Å². The van der Waals surface area contributed by atoms with Crippen LogP contribution in [0.3, 0.4) is 0 Å². The first-order chi connectivity index (χ1) is 9.10. The van der Waals surface area contributed by atoms with E-state index in [0.29, 0.717) is 5.95 Å². The first-order valence-corrected chi connectivity index (χ1v) is 5.54. The zero-order valence-corrected chi connectivity index (χ0v) is 10.5.